The highest BCUT2D eigenvalue weighted by Crippen LogP contribution is 2.51. The Hall–Kier alpha value is -2.84. The third kappa shape index (κ3) is 4.95. The van der Waals surface area contributed by atoms with E-state index in [1.54, 1.807) is 30.3 Å². The maximum absolute atomic E-state index is 14.4. The van der Waals surface area contributed by atoms with Crippen molar-refractivity contribution < 1.29 is 23.0 Å². The minimum atomic E-state index is -4.98. The van der Waals surface area contributed by atoms with Crippen LogP contribution in [0, 0.1) is 0 Å². The Kier molecular flexibility index (Phi) is 6.97. The zero-order valence-corrected chi connectivity index (χ0v) is 19.9. The van der Waals surface area contributed by atoms with E-state index in [0.717, 1.165) is 19.3 Å². The second kappa shape index (κ2) is 9.66. The Morgan fingerprint density at radius 3 is 2.51 bits per heavy atom. The van der Waals surface area contributed by atoms with Gasteiger partial charge in [-0.05, 0) is 37.1 Å². The van der Waals surface area contributed by atoms with Crippen molar-refractivity contribution in [1.82, 2.24) is 4.98 Å². The number of rotatable bonds is 6. The number of fused-ring (bicyclic) bond motifs is 1. The minimum Gasteiger partial charge on any atom is -0.495 e. The summed E-state index contributed by atoms with van der Waals surface area (Å²) in [6.45, 7) is 0. The van der Waals surface area contributed by atoms with Gasteiger partial charge in [-0.2, -0.15) is 13.2 Å². The number of aromatic amines is 1. The standard InChI is InChI=1S/C26H26ClF3N2O3/c1-35-23-18(7-5-8-19(23)27)24(13-3-2-4-14-24)15-25(34,26(28,29)30)16-31-20-9-6-10-21-17(20)11-12-22(33)32-21/h5-12,16,34H,2-4,13-15H2,1H3,(H,32,33). The van der Waals surface area contributed by atoms with E-state index in [1.807, 2.05) is 0 Å². The van der Waals surface area contributed by atoms with Gasteiger partial charge in [0.15, 0.2) is 5.60 Å². The van der Waals surface area contributed by atoms with Crippen LogP contribution in [0.25, 0.3) is 10.9 Å². The average Bonchev–Trinajstić information content (AvgIpc) is 2.82. The summed E-state index contributed by atoms with van der Waals surface area (Å²) in [4.78, 5) is 18.3. The van der Waals surface area contributed by atoms with Crippen LogP contribution in [0.2, 0.25) is 5.02 Å². The first kappa shape index (κ1) is 25.3. The quantitative estimate of drug-likeness (QED) is 0.376. The highest BCUT2D eigenvalue weighted by atomic mass is 35.5. The SMILES string of the molecule is COc1c(Cl)cccc1C1(CC(O)(C=Nc2cccc3[nH]c(=O)ccc23)C(F)(F)F)CCCCC1. The summed E-state index contributed by atoms with van der Waals surface area (Å²) in [7, 11) is 1.43. The molecule has 1 unspecified atom stereocenters. The topological polar surface area (TPSA) is 74.7 Å². The molecule has 0 aliphatic heterocycles. The fraction of sp³-hybridized carbons (Fsp3) is 0.385. The lowest BCUT2D eigenvalue weighted by Crippen LogP contribution is -2.52. The van der Waals surface area contributed by atoms with Gasteiger partial charge >= 0.3 is 6.18 Å². The molecule has 186 valence electrons. The van der Waals surface area contributed by atoms with Crippen LogP contribution in [-0.2, 0) is 5.41 Å². The molecule has 2 N–H and O–H groups in total. The molecule has 9 heteroatoms. The number of aromatic nitrogens is 1. The lowest BCUT2D eigenvalue weighted by molar-refractivity contribution is -0.236. The maximum atomic E-state index is 14.4. The van der Waals surface area contributed by atoms with E-state index in [4.69, 9.17) is 16.3 Å². The van der Waals surface area contributed by atoms with Crippen LogP contribution in [-0.4, -0.2) is 35.2 Å². The molecule has 1 heterocycles. The molecule has 1 aromatic heterocycles. The number of benzene rings is 2. The summed E-state index contributed by atoms with van der Waals surface area (Å²) in [6.07, 6.45) is -1.78. The first-order valence-corrected chi connectivity index (χ1v) is 11.8. The summed E-state index contributed by atoms with van der Waals surface area (Å²) in [6, 6.07) is 12.6. The molecule has 0 radical (unpaired) electrons. The molecule has 4 rings (SSSR count). The predicted molar refractivity (Wildman–Crippen MR) is 131 cm³/mol. The number of nitrogens with one attached hydrogen (secondary N) is 1. The first-order valence-electron chi connectivity index (χ1n) is 11.4. The summed E-state index contributed by atoms with van der Waals surface area (Å²) >= 11 is 6.32. The van der Waals surface area contributed by atoms with Crippen LogP contribution < -0.4 is 10.3 Å². The number of ether oxygens (including phenoxy) is 1. The number of alkyl halides is 3. The lowest BCUT2D eigenvalue weighted by atomic mass is 9.64. The van der Waals surface area contributed by atoms with Gasteiger partial charge in [0.25, 0.3) is 0 Å². The van der Waals surface area contributed by atoms with Crippen molar-refractivity contribution in [2.75, 3.05) is 7.11 Å². The van der Waals surface area contributed by atoms with Gasteiger partial charge in [0, 0.05) is 35.1 Å². The molecule has 0 saturated heterocycles. The molecular weight excluding hydrogens is 481 g/mol. The van der Waals surface area contributed by atoms with Gasteiger partial charge in [0.05, 0.1) is 23.3 Å². The fourth-order valence-electron chi connectivity index (χ4n) is 5.10. The van der Waals surface area contributed by atoms with E-state index in [1.165, 1.54) is 25.3 Å². The molecule has 1 aliphatic carbocycles. The second-order valence-corrected chi connectivity index (χ2v) is 9.49. The largest absolute Gasteiger partial charge is 0.495 e. The Morgan fingerprint density at radius 1 is 1.11 bits per heavy atom. The first-order chi connectivity index (χ1) is 16.6. The van der Waals surface area contributed by atoms with Gasteiger partial charge in [0.1, 0.15) is 5.75 Å². The van der Waals surface area contributed by atoms with E-state index in [-0.39, 0.29) is 11.2 Å². The molecule has 2 aromatic carbocycles. The third-order valence-corrected chi connectivity index (χ3v) is 7.11. The average molecular weight is 507 g/mol. The van der Waals surface area contributed by atoms with Crippen LogP contribution in [0.1, 0.15) is 44.1 Å². The minimum absolute atomic E-state index is 0.208. The van der Waals surface area contributed by atoms with Gasteiger partial charge < -0.3 is 14.8 Å². The third-order valence-electron chi connectivity index (χ3n) is 6.81. The maximum Gasteiger partial charge on any atom is 0.422 e. The number of para-hydroxylation sites is 1. The number of aliphatic hydroxyl groups is 1. The molecule has 0 bridgehead atoms. The van der Waals surface area contributed by atoms with Crippen molar-refractivity contribution in [2.45, 2.75) is 55.7 Å². The zero-order valence-electron chi connectivity index (χ0n) is 19.2. The number of H-pyrrole nitrogens is 1. The second-order valence-electron chi connectivity index (χ2n) is 9.08. The fourth-order valence-corrected chi connectivity index (χ4v) is 5.35. The predicted octanol–water partition coefficient (Wildman–Crippen LogP) is 6.48. The van der Waals surface area contributed by atoms with Gasteiger partial charge in [-0.3, -0.25) is 9.79 Å². The normalized spacial score (nSPS) is 18.0. The Labute approximate surface area is 205 Å². The summed E-state index contributed by atoms with van der Waals surface area (Å²) in [5.41, 5.74) is -3.34. The van der Waals surface area contributed by atoms with Crippen molar-refractivity contribution in [3.05, 3.63) is 69.5 Å². The summed E-state index contributed by atoms with van der Waals surface area (Å²) in [5, 5.41) is 11.9. The molecule has 1 atom stereocenters. The zero-order chi connectivity index (χ0) is 25.3. The molecular formula is C26H26ClF3N2O3. The highest BCUT2D eigenvalue weighted by Gasteiger charge is 2.57. The van der Waals surface area contributed by atoms with E-state index in [9.17, 15) is 23.1 Å². The molecule has 5 nitrogen and oxygen atoms in total. The van der Waals surface area contributed by atoms with Crippen LogP contribution >= 0.6 is 11.6 Å². The van der Waals surface area contributed by atoms with Crippen molar-refractivity contribution in [3.63, 3.8) is 0 Å². The number of pyridine rings is 1. The van der Waals surface area contributed by atoms with E-state index < -0.39 is 23.6 Å². The summed E-state index contributed by atoms with van der Waals surface area (Å²) < 4.78 is 48.8. The van der Waals surface area contributed by atoms with Crippen molar-refractivity contribution in [2.24, 2.45) is 4.99 Å². The number of hydrogen-bond donors (Lipinski definition) is 2. The highest BCUT2D eigenvalue weighted by molar-refractivity contribution is 6.32. The van der Waals surface area contributed by atoms with Crippen molar-refractivity contribution in [1.29, 1.82) is 0 Å². The van der Waals surface area contributed by atoms with Crippen LogP contribution in [0.5, 0.6) is 5.75 Å². The smallest absolute Gasteiger partial charge is 0.422 e. The number of nitrogens with zero attached hydrogens (tertiary/aromatic N) is 1. The number of halogens is 4. The Morgan fingerprint density at radius 2 is 1.83 bits per heavy atom. The molecule has 1 aliphatic rings. The van der Waals surface area contributed by atoms with Crippen molar-refractivity contribution in [3.8, 4) is 5.75 Å². The van der Waals surface area contributed by atoms with E-state index in [0.29, 0.717) is 46.3 Å². The summed E-state index contributed by atoms with van der Waals surface area (Å²) in [5.74, 6) is 0.329. The molecule has 0 amide bonds. The van der Waals surface area contributed by atoms with Gasteiger partial charge in [0.2, 0.25) is 5.56 Å². The monoisotopic (exact) mass is 506 g/mol. The molecule has 0 spiro atoms. The lowest BCUT2D eigenvalue weighted by Gasteiger charge is -2.43. The van der Waals surface area contributed by atoms with E-state index in [2.05, 4.69) is 9.98 Å². The molecule has 1 saturated carbocycles. The van der Waals surface area contributed by atoms with Gasteiger partial charge in [-0.25, -0.2) is 0 Å². The molecule has 3 aromatic rings. The van der Waals surface area contributed by atoms with Crippen LogP contribution in [0.3, 0.4) is 0 Å². The van der Waals surface area contributed by atoms with Crippen molar-refractivity contribution >= 4 is 34.4 Å². The van der Waals surface area contributed by atoms with Crippen LogP contribution in [0.4, 0.5) is 18.9 Å². The van der Waals surface area contributed by atoms with Gasteiger partial charge in [-0.15, -0.1) is 0 Å². The van der Waals surface area contributed by atoms with Gasteiger partial charge in [-0.1, -0.05) is 49.1 Å². The Balaban J connectivity index is 1.81. The number of aliphatic imine (C=N–C) groups is 1. The van der Waals surface area contributed by atoms with Crippen LogP contribution in [0.15, 0.2) is 58.3 Å². The number of hydrogen-bond acceptors (Lipinski definition) is 4. The number of methoxy groups -OCH3 is 1. The molecule has 1 fully saturated rings. The molecule has 35 heavy (non-hydrogen) atoms. The Bertz CT molecular complexity index is 1300. The van der Waals surface area contributed by atoms with E-state index >= 15 is 0 Å².